The van der Waals surface area contributed by atoms with Gasteiger partial charge in [-0.2, -0.15) is 0 Å². The van der Waals surface area contributed by atoms with Crippen molar-refractivity contribution in [2.24, 2.45) is 0 Å². The first-order valence-corrected chi connectivity index (χ1v) is 8.64. The van der Waals surface area contributed by atoms with Crippen LogP contribution in [0, 0.1) is 18.6 Å². The number of anilines is 2. The van der Waals surface area contributed by atoms with Crippen LogP contribution in [0.15, 0.2) is 41.9 Å². The SMILES string of the molecule is Br.COc1cc(F)c(Nc2nc(-c3c(C)nc4ccccn34)cs2)c(F)c1. The third-order valence-electron chi connectivity index (χ3n) is 3.93. The summed E-state index contributed by atoms with van der Waals surface area (Å²) < 4.78 is 35.0. The van der Waals surface area contributed by atoms with Crippen LogP contribution in [-0.4, -0.2) is 21.5 Å². The second kappa shape index (κ2) is 7.61. The van der Waals surface area contributed by atoms with Crippen LogP contribution in [0.1, 0.15) is 5.69 Å². The zero-order valence-electron chi connectivity index (χ0n) is 14.4. The molecule has 0 radical (unpaired) electrons. The molecule has 0 unspecified atom stereocenters. The van der Waals surface area contributed by atoms with Crippen molar-refractivity contribution < 1.29 is 13.5 Å². The Kier molecular flexibility index (Phi) is 5.43. The van der Waals surface area contributed by atoms with Crippen molar-refractivity contribution in [3.05, 3.63) is 59.2 Å². The first-order chi connectivity index (χ1) is 12.6. The van der Waals surface area contributed by atoms with Gasteiger partial charge in [-0.25, -0.2) is 18.7 Å². The quantitative estimate of drug-likeness (QED) is 0.451. The fraction of sp³-hybridized carbons (Fsp3) is 0.111. The van der Waals surface area contributed by atoms with Crippen molar-refractivity contribution in [1.29, 1.82) is 0 Å². The standard InChI is InChI=1S/C18H14F2N4OS.BrH/c1-10-17(24-6-4-3-5-15(24)21-10)14-9-26-18(22-14)23-16-12(19)7-11(25-2)8-13(16)20;/h3-9H,1-2H3,(H,22,23);1H. The van der Waals surface area contributed by atoms with Gasteiger partial charge in [0.15, 0.2) is 16.8 Å². The molecule has 0 amide bonds. The number of ether oxygens (including phenoxy) is 1. The predicted molar refractivity (Wildman–Crippen MR) is 108 cm³/mol. The molecule has 0 saturated heterocycles. The lowest BCUT2D eigenvalue weighted by Crippen LogP contribution is -1.99. The van der Waals surface area contributed by atoms with E-state index in [2.05, 4.69) is 15.3 Å². The minimum atomic E-state index is -0.746. The fourth-order valence-corrected chi connectivity index (χ4v) is 3.46. The maximum atomic E-state index is 14.1. The van der Waals surface area contributed by atoms with Crippen molar-refractivity contribution >= 4 is 44.8 Å². The van der Waals surface area contributed by atoms with E-state index in [4.69, 9.17) is 4.74 Å². The van der Waals surface area contributed by atoms with Gasteiger partial charge in [-0.15, -0.1) is 28.3 Å². The van der Waals surface area contributed by atoms with Crippen LogP contribution in [0.25, 0.3) is 17.0 Å². The van der Waals surface area contributed by atoms with Gasteiger partial charge in [-0.05, 0) is 19.1 Å². The monoisotopic (exact) mass is 452 g/mol. The molecule has 0 aliphatic rings. The van der Waals surface area contributed by atoms with Crippen LogP contribution >= 0.6 is 28.3 Å². The molecule has 0 aliphatic carbocycles. The topological polar surface area (TPSA) is 51.5 Å². The maximum absolute atomic E-state index is 14.1. The lowest BCUT2D eigenvalue weighted by molar-refractivity contribution is 0.407. The van der Waals surface area contributed by atoms with Gasteiger partial charge in [-0.3, -0.25) is 4.40 Å². The van der Waals surface area contributed by atoms with E-state index >= 15 is 0 Å². The van der Waals surface area contributed by atoms with Gasteiger partial charge in [0.25, 0.3) is 0 Å². The van der Waals surface area contributed by atoms with Crippen LogP contribution in [0.5, 0.6) is 5.75 Å². The molecule has 0 spiro atoms. The van der Waals surface area contributed by atoms with Crippen molar-refractivity contribution in [3.63, 3.8) is 0 Å². The Bertz CT molecular complexity index is 1090. The third kappa shape index (κ3) is 3.52. The number of nitrogens with one attached hydrogen (secondary N) is 1. The molecule has 0 aliphatic heterocycles. The Labute approximate surface area is 168 Å². The molecule has 0 fully saturated rings. The third-order valence-corrected chi connectivity index (χ3v) is 4.69. The molecule has 140 valence electrons. The molecule has 3 heterocycles. The Morgan fingerprint density at radius 3 is 2.59 bits per heavy atom. The van der Waals surface area contributed by atoms with Gasteiger partial charge >= 0.3 is 0 Å². The number of benzene rings is 1. The number of hydrogen-bond acceptors (Lipinski definition) is 5. The predicted octanol–water partition coefficient (Wildman–Crippen LogP) is 5.37. The summed E-state index contributed by atoms with van der Waals surface area (Å²) >= 11 is 1.26. The Hall–Kier alpha value is -2.52. The molecule has 9 heteroatoms. The summed E-state index contributed by atoms with van der Waals surface area (Å²) in [5.41, 5.74) is 2.91. The van der Waals surface area contributed by atoms with E-state index in [-0.39, 0.29) is 28.4 Å². The Balaban J connectivity index is 0.00000210. The van der Waals surface area contributed by atoms with E-state index in [1.165, 1.54) is 18.4 Å². The first kappa shape index (κ1) is 19.2. The summed E-state index contributed by atoms with van der Waals surface area (Å²) in [6, 6.07) is 7.97. The molecule has 4 aromatic rings. The molecule has 27 heavy (non-hydrogen) atoms. The molecule has 0 saturated carbocycles. The molecule has 1 N–H and O–H groups in total. The number of aryl methyl sites for hydroxylation is 1. The number of imidazole rings is 1. The smallest absolute Gasteiger partial charge is 0.187 e. The fourth-order valence-electron chi connectivity index (χ4n) is 2.76. The summed E-state index contributed by atoms with van der Waals surface area (Å²) in [4.78, 5) is 8.97. The molecule has 0 atom stereocenters. The Morgan fingerprint density at radius 2 is 1.89 bits per heavy atom. The number of pyridine rings is 1. The molecule has 1 aromatic carbocycles. The molecule has 4 rings (SSSR count). The van der Waals surface area contributed by atoms with E-state index < -0.39 is 11.6 Å². The minimum Gasteiger partial charge on any atom is -0.497 e. The van der Waals surface area contributed by atoms with Crippen LogP contribution in [0.3, 0.4) is 0 Å². The number of hydrogen-bond donors (Lipinski definition) is 1. The normalized spacial score (nSPS) is 10.7. The first-order valence-electron chi connectivity index (χ1n) is 7.76. The van der Waals surface area contributed by atoms with Crippen LogP contribution in [-0.2, 0) is 0 Å². The van der Waals surface area contributed by atoms with Crippen molar-refractivity contribution in [1.82, 2.24) is 14.4 Å². The number of fused-ring (bicyclic) bond motifs is 1. The number of thiazole rings is 1. The summed E-state index contributed by atoms with van der Waals surface area (Å²) in [6.45, 7) is 1.90. The highest BCUT2D eigenvalue weighted by molar-refractivity contribution is 8.93. The van der Waals surface area contributed by atoms with Crippen molar-refractivity contribution in [2.75, 3.05) is 12.4 Å². The number of aromatic nitrogens is 3. The van der Waals surface area contributed by atoms with E-state index in [1.807, 2.05) is 41.1 Å². The second-order valence-electron chi connectivity index (χ2n) is 5.60. The van der Waals surface area contributed by atoms with Gasteiger partial charge in [0.1, 0.15) is 22.8 Å². The van der Waals surface area contributed by atoms with Gasteiger partial charge < -0.3 is 10.1 Å². The van der Waals surface area contributed by atoms with Crippen LogP contribution in [0.2, 0.25) is 0 Å². The van der Waals surface area contributed by atoms with Gasteiger partial charge in [0.05, 0.1) is 18.5 Å². The molecule has 3 aromatic heterocycles. The van der Waals surface area contributed by atoms with E-state index in [9.17, 15) is 8.78 Å². The summed E-state index contributed by atoms with van der Waals surface area (Å²) in [6.07, 6.45) is 1.90. The minimum absolute atomic E-state index is 0. The van der Waals surface area contributed by atoms with E-state index in [0.717, 1.165) is 29.2 Å². The average molecular weight is 453 g/mol. The largest absolute Gasteiger partial charge is 0.497 e. The molecular formula is C18H15BrF2N4OS. The molecule has 5 nitrogen and oxygen atoms in total. The lowest BCUT2D eigenvalue weighted by atomic mass is 10.2. The highest BCUT2D eigenvalue weighted by Crippen LogP contribution is 2.32. The van der Waals surface area contributed by atoms with Crippen LogP contribution in [0.4, 0.5) is 19.6 Å². The summed E-state index contributed by atoms with van der Waals surface area (Å²) in [7, 11) is 1.35. The van der Waals surface area contributed by atoms with Gasteiger partial charge in [-0.1, -0.05) is 6.07 Å². The summed E-state index contributed by atoms with van der Waals surface area (Å²) in [5.74, 6) is -1.37. The van der Waals surface area contributed by atoms with Gasteiger partial charge in [0, 0.05) is 23.7 Å². The number of nitrogens with zero attached hydrogens (tertiary/aromatic N) is 3. The van der Waals surface area contributed by atoms with Crippen molar-refractivity contribution in [3.8, 4) is 17.1 Å². The molecule has 0 bridgehead atoms. The maximum Gasteiger partial charge on any atom is 0.187 e. The van der Waals surface area contributed by atoms with Crippen molar-refractivity contribution in [2.45, 2.75) is 6.92 Å². The number of halogens is 3. The van der Waals surface area contributed by atoms with Gasteiger partial charge in [0.2, 0.25) is 0 Å². The Morgan fingerprint density at radius 1 is 1.15 bits per heavy atom. The zero-order chi connectivity index (χ0) is 18.3. The highest BCUT2D eigenvalue weighted by atomic mass is 79.9. The average Bonchev–Trinajstić information content (AvgIpc) is 3.20. The molecular weight excluding hydrogens is 438 g/mol. The lowest BCUT2D eigenvalue weighted by Gasteiger charge is -2.08. The zero-order valence-corrected chi connectivity index (χ0v) is 16.9. The second-order valence-corrected chi connectivity index (χ2v) is 6.46. The highest BCUT2D eigenvalue weighted by Gasteiger charge is 2.16. The number of rotatable bonds is 4. The van der Waals surface area contributed by atoms with E-state index in [0.29, 0.717) is 10.8 Å². The number of methoxy groups -OCH3 is 1. The summed E-state index contributed by atoms with van der Waals surface area (Å²) in [5, 5.41) is 4.92. The van der Waals surface area contributed by atoms with Crippen LogP contribution < -0.4 is 10.1 Å². The van der Waals surface area contributed by atoms with E-state index in [1.54, 1.807) is 0 Å².